The summed E-state index contributed by atoms with van der Waals surface area (Å²) >= 11 is 0. The van der Waals surface area contributed by atoms with Gasteiger partial charge in [0.2, 0.25) is 0 Å². The van der Waals surface area contributed by atoms with Crippen LogP contribution in [0.15, 0.2) is 60.9 Å². The molecular formula is C28H34N4O3. The number of aromatic nitrogens is 2. The molecule has 35 heavy (non-hydrogen) atoms. The van der Waals surface area contributed by atoms with Gasteiger partial charge in [-0.25, -0.2) is 4.98 Å². The molecule has 184 valence electrons. The highest BCUT2D eigenvalue weighted by molar-refractivity contribution is 6.09. The molecule has 0 unspecified atom stereocenters. The van der Waals surface area contributed by atoms with Gasteiger partial charge in [0.1, 0.15) is 11.6 Å². The number of para-hydroxylation sites is 1. The molecule has 4 aromatic rings. The van der Waals surface area contributed by atoms with Crippen LogP contribution >= 0.6 is 0 Å². The largest absolute Gasteiger partial charge is 0.494 e. The van der Waals surface area contributed by atoms with Gasteiger partial charge in [-0.2, -0.15) is 0 Å². The van der Waals surface area contributed by atoms with Crippen molar-refractivity contribution in [2.75, 3.05) is 38.2 Å². The van der Waals surface area contributed by atoms with Gasteiger partial charge >= 0.3 is 0 Å². The predicted octanol–water partition coefficient (Wildman–Crippen LogP) is 4.67. The van der Waals surface area contributed by atoms with Crippen LogP contribution in [0.2, 0.25) is 0 Å². The van der Waals surface area contributed by atoms with Crippen LogP contribution in [0.3, 0.4) is 0 Å². The van der Waals surface area contributed by atoms with Crippen LogP contribution in [0.25, 0.3) is 21.7 Å². The standard InChI is InChI=1S/C28H34N4O3/c1-2-35-27-10-9-21(17-22(27)20-33)18-29-12-5-6-15-34-16-14-31-28-24-11-13-30-19-25(24)23-7-3-4-8-26(23)32-28/h3-4,7-11,13,17,19,29,33H,2,5-6,12,14-16,18,20H2,1H3,(H,31,32). The molecule has 0 amide bonds. The molecule has 3 N–H and O–H groups in total. The Morgan fingerprint density at radius 1 is 0.943 bits per heavy atom. The Morgan fingerprint density at radius 2 is 1.86 bits per heavy atom. The van der Waals surface area contributed by atoms with Gasteiger partial charge in [0, 0.05) is 53.8 Å². The Balaban J connectivity index is 1.13. The summed E-state index contributed by atoms with van der Waals surface area (Å²) < 4.78 is 11.4. The number of aliphatic hydroxyl groups excluding tert-OH is 1. The summed E-state index contributed by atoms with van der Waals surface area (Å²) in [6, 6.07) is 16.1. The van der Waals surface area contributed by atoms with E-state index in [4.69, 9.17) is 14.5 Å². The quantitative estimate of drug-likeness (QED) is 0.181. The van der Waals surface area contributed by atoms with E-state index >= 15 is 0 Å². The Labute approximate surface area is 206 Å². The fourth-order valence-corrected chi connectivity index (χ4v) is 4.12. The summed E-state index contributed by atoms with van der Waals surface area (Å²) in [4.78, 5) is 9.09. The third-order valence-corrected chi connectivity index (χ3v) is 5.86. The Bertz CT molecular complexity index is 1230. The average molecular weight is 475 g/mol. The molecule has 0 aliphatic carbocycles. The van der Waals surface area contributed by atoms with Gasteiger partial charge in [0.05, 0.1) is 25.3 Å². The first kappa shape index (κ1) is 24.9. The lowest BCUT2D eigenvalue weighted by Crippen LogP contribution is -2.16. The van der Waals surface area contributed by atoms with Gasteiger partial charge in [-0.3, -0.25) is 4.98 Å². The van der Waals surface area contributed by atoms with E-state index in [0.29, 0.717) is 19.8 Å². The minimum absolute atomic E-state index is 0.0142. The third-order valence-electron chi connectivity index (χ3n) is 5.86. The van der Waals surface area contributed by atoms with Crippen molar-refractivity contribution in [3.63, 3.8) is 0 Å². The van der Waals surface area contributed by atoms with E-state index < -0.39 is 0 Å². The number of hydrogen-bond acceptors (Lipinski definition) is 7. The van der Waals surface area contributed by atoms with Crippen molar-refractivity contribution in [2.24, 2.45) is 0 Å². The number of rotatable bonds is 14. The minimum atomic E-state index is -0.0142. The zero-order chi connectivity index (χ0) is 24.3. The number of anilines is 1. The Morgan fingerprint density at radius 3 is 2.74 bits per heavy atom. The number of hydrogen-bond donors (Lipinski definition) is 3. The second-order valence-corrected chi connectivity index (χ2v) is 8.36. The number of aliphatic hydroxyl groups is 1. The summed E-state index contributed by atoms with van der Waals surface area (Å²) in [6.45, 7) is 6.28. The average Bonchev–Trinajstić information content (AvgIpc) is 2.90. The van der Waals surface area contributed by atoms with Crippen molar-refractivity contribution in [1.29, 1.82) is 0 Å². The molecule has 7 heteroatoms. The molecule has 0 aliphatic heterocycles. The summed E-state index contributed by atoms with van der Waals surface area (Å²) in [5, 5.41) is 19.7. The van der Waals surface area contributed by atoms with Gasteiger partial charge in [-0.05, 0) is 56.1 Å². The molecule has 0 saturated carbocycles. The van der Waals surface area contributed by atoms with Crippen molar-refractivity contribution in [1.82, 2.24) is 15.3 Å². The van der Waals surface area contributed by atoms with Gasteiger partial charge in [0.25, 0.3) is 0 Å². The number of pyridine rings is 2. The third kappa shape index (κ3) is 6.66. The number of ether oxygens (including phenoxy) is 2. The normalized spacial score (nSPS) is 11.3. The van der Waals surface area contributed by atoms with Gasteiger partial charge < -0.3 is 25.2 Å². The van der Waals surface area contributed by atoms with Crippen molar-refractivity contribution in [3.05, 3.63) is 72.1 Å². The van der Waals surface area contributed by atoms with E-state index in [1.807, 2.05) is 55.6 Å². The van der Waals surface area contributed by atoms with E-state index in [9.17, 15) is 5.11 Å². The number of benzene rings is 2. The highest BCUT2D eigenvalue weighted by atomic mass is 16.5. The molecule has 0 bridgehead atoms. The fraction of sp³-hybridized carbons (Fsp3) is 0.357. The minimum Gasteiger partial charge on any atom is -0.494 e. The van der Waals surface area contributed by atoms with Crippen LogP contribution < -0.4 is 15.4 Å². The first-order valence-electron chi connectivity index (χ1n) is 12.3. The lowest BCUT2D eigenvalue weighted by atomic mass is 10.1. The van der Waals surface area contributed by atoms with E-state index in [1.54, 1.807) is 6.20 Å². The molecule has 0 atom stereocenters. The summed E-state index contributed by atoms with van der Waals surface area (Å²) in [6.07, 6.45) is 5.74. The van der Waals surface area contributed by atoms with Crippen LogP contribution in [0.5, 0.6) is 5.75 Å². The number of unbranched alkanes of at least 4 members (excludes halogenated alkanes) is 1. The molecule has 0 saturated heterocycles. The second kappa shape index (κ2) is 13.0. The first-order chi connectivity index (χ1) is 17.3. The second-order valence-electron chi connectivity index (χ2n) is 8.36. The molecular weight excluding hydrogens is 440 g/mol. The fourth-order valence-electron chi connectivity index (χ4n) is 4.12. The smallest absolute Gasteiger partial charge is 0.134 e. The van der Waals surface area contributed by atoms with E-state index in [-0.39, 0.29) is 6.61 Å². The molecule has 2 aromatic carbocycles. The highest BCUT2D eigenvalue weighted by Crippen LogP contribution is 2.28. The molecule has 0 spiro atoms. The van der Waals surface area contributed by atoms with E-state index in [2.05, 4.69) is 21.7 Å². The zero-order valence-corrected chi connectivity index (χ0v) is 20.3. The van der Waals surface area contributed by atoms with Gasteiger partial charge in [-0.15, -0.1) is 0 Å². The highest BCUT2D eigenvalue weighted by Gasteiger charge is 2.08. The van der Waals surface area contributed by atoms with Crippen LogP contribution in [0, 0.1) is 0 Å². The van der Waals surface area contributed by atoms with Crippen LogP contribution in [0.4, 0.5) is 5.82 Å². The Hall–Kier alpha value is -3.26. The number of fused-ring (bicyclic) bond motifs is 3. The lowest BCUT2D eigenvalue weighted by molar-refractivity contribution is 0.140. The predicted molar refractivity (Wildman–Crippen MR) is 141 cm³/mol. The van der Waals surface area contributed by atoms with Crippen LogP contribution in [0.1, 0.15) is 30.9 Å². The maximum absolute atomic E-state index is 9.53. The lowest BCUT2D eigenvalue weighted by Gasteiger charge is -2.12. The molecule has 7 nitrogen and oxygen atoms in total. The summed E-state index contributed by atoms with van der Waals surface area (Å²) in [7, 11) is 0. The van der Waals surface area contributed by atoms with Crippen molar-refractivity contribution < 1.29 is 14.6 Å². The zero-order valence-electron chi connectivity index (χ0n) is 20.3. The molecule has 0 aliphatic rings. The van der Waals surface area contributed by atoms with Crippen molar-refractivity contribution in [3.8, 4) is 5.75 Å². The van der Waals surface area contributed by atoms with Crippen molar-refractivity contribution >= 4 is 27.5 Å². The van der Waals surface area contributed by atoms with Crippen LogP contribution in [-0.2, 0) is 17.9 Å². The van der Waals surface area contributed by atoms with Gasteiger partial charge in [0.15, 0.2) is 0 Å². The molecule has 2 heterocycles. The number of nitrogens with one attached hydrogen (secondary N) is 2. The van der Waals surface area contributed by atoms with Crippen molar-refractivity contribution in [2.45, 2.75) is 32.9 Å². The first-order valence-corrected chi connectivity index (χ1v) is 12.3. The van der Waals surface area contributed by atoms with E-state index in [1.165, 1.54) is 0 Å². The van der Waals surface area contributed by atoms with E-state index in [0.717, 1.165) is 76.9 Å². The topological polar surface area (TPSA) is 88.5 Å². The van der Waals surface area contributed by atoms with Crippen LogP contribution in [-0.4, -0.2) is 48.0 Å². The molecule has 4 rings (SSSR count). The summed E-state index contributed by atoms with van der Waals surface area (Å²) in [5.41, 5.74) is 2.93. The molecule has 2 aromatic heterocycles. The van der Waals surface area contributed by atoms with Gasteiger partial charge in [-0.1, -0.05) is 24.3 Å². The summed E-state index contributed by atoms with van der Waals surface area (Å²) in [5.74, 6) is 1.62. The SMILES string of the molecule is CCOc1ccc(CNCCCCOCCNc2nc3ccccc3c3cnccc23)cc1CO. The maximum Gasteiger partial charge on any atom is 0.134 e. The maximum atomic E-state index is 9.53. The Kier molecular flexibility index (Phi) is 9.23. The number of nitrogens with zero attached hydrogens (tertiary/aromatic N) is 2. The molecule has 0 radical (unpaired) electrons. The monoisotopic (exact) mass is 474 g/mol. The molecule has 0 fully saturated rings.